The molecule has 112 valence electrons. The average molecular weight is 291 g/mol. The van der Waals surface area contributed by atoms with Gasteiger partial charge in [0.1, 0.15) is 5.69 Å². The molecular formula is C13H17N5O3. The van der Waals surface area contributed by atoms with Crippen LogP contribution in [0.1, 0.15) is 30.3 Å². The van der Waals surface area contributed by atoms with Crippen LogP contribution in [-0.4, -0.2) is 47.8 Å². The predicted molar refractivity (Wildman–Crippen MR) is 72.8 cm³/mol. The molecule has 3 rings (SSSR count). The molecule has 8 nitrogen and oxygen atoms in total. The summed E-state index contributed by atoms with van der Waals surface area (Å²) >= 11 is 0. The van der Waals surface area contributed by atoms with Gasteiger partial charge in [-0.25, -0.2) is 14.5 Å². The summed E-state index contributed by atoms with van der Waals surface area (Å²) in [6.45, 7) is 2.51. The van der Waals surface area contributed by atoms with Gasteiger partial charge in [-0.3, -0.25) is 0 Å². The van der Waals surface area contributed by atoms with E-state index in [0.29, 0.717) is 18.1 Å². The molecule has 1 saturated heterocycles. The standard InChI is InChI=1S/C13H17N5O3/c1-8-3-4-9(21-8)7-18-11(10(13(19)20)15-16-18)12-14-5-6-17(12)2/h5-6,8-9H,3-4,7H2,1-2H3,(H,19,20). The number of aryl methyl sites for hydroxylation is 1. The molecule has 0 spiro atoms. The molecule has 1 aliphatic rings. The van der Waals surface area contributed by atoms with Crippen molar-refractivity contribution in [2.75, 3.05) is 0 Å². The predicted octanol–water partition coefficient (Wildman–Crippen LogP) is 0.944. The molecule has 0 amide bonds. The van der Waals surface area contributed by atoms with Crippen molar-refractivity contribution in [3.05, 3.63) is 18.1 Å². The summed E-state index contributed by atoms with van der Waals surface area (Å²) in [6, 6.07) is 0. The van der Waals surface area contributed by atoms with E-state index in [9.17, 15) is 9.90 Å². The van der Waals surface area contributed by atoms with Crippen LogP contribution in [0.3, 0.4) is 0 Å². The maximum atomic E-state index is 11.3. The third-order valence-electron chi connectivity index (χ3n) is 3.67. The van der Waals surface area contributed by atoms with Crippen molar-refractivity contribution >= 4 is 5.97 Å². The highest BCUT2D eigenvalue weighted by Gasteiger charge is 2.28. The summed E-state index contributed by atoms with van der Waals surface area (Å²) in [5.74, 6) is -0.580. The topological polar surface area (TPSA) is 95.1 Å². The van der Waals surface area contributed by atoms with Crippen molar-refractivity contribution in [2.24, 2.45) is 7.05 Å². The van der Waals surface area contributed by atoms with Crippen molar-refractivity contribution < 1.29 is 14.6 Å². The highest BCUT2D eigenvalue weighted by atomic mass is 16.5. The van der Waals surface area contributed by atoms with Gasteiger partial charge in [-0.05, 0) is 19.8 Å². The fourth-order valence-corrected chi connectivity index (χ4v) is 2.61. The van der Waals surface area contributed by atoms with Crippen LogP contribution in [0.4, 0.5) is 0 Å². The molecule has 2 aromatic rings. The summed E-state index contributed by atoms with van der Waals surface area (Å²) in [5, 5.41) is 17.0. The van der Waals surface area contributed by atoms with E-state index in [1.165, 1.54) is 0 Å². The Morgan fingerprint density at radius 3 is 2.90 bits per heavy atom. The highest BCUT2D eigenvalue weighted by molar-refractivity contribution is 5.91. The van der Waals surface area contributed by atoms with Crippen LogP contribution in [0.15, 0.2) is 12.4 Å². The highest BCUT2D eigenvalue weighted by Crippen LogP contribution is 2.24. The molecule has 0 bridgehead atoms. The smallest absolute Gasteiger partial charge is 0.358 e. The monoisotopic (exact) mass is 291 g/mol. The molecule has 0 radical (unpaired) electrons. The van der Waals surface area contributed by atoms with Gasteiger partial charge < -0.3 is 14.4 Å². The van der Waals surface area contributed by atoms with Crippen molar-refractivity contribution in [1.82, 2.24) is 24.5 Å². The minimum Gasteiger partial charge on any atom is -0.476 e. The first kappa shape index (κ1) is 13.7. The number of aromatic nitrogens is 5. The third kappa shape index (κ3) is 2.54. The van der Waals surface area contributed by atoms with Crippen LogP contribution >= 0.6 is 0 Å². The summed E-state index contributed by atoms with van der Waals surface area (Å²) in [4.78, 5) is 15.6. The van der Waals surface area contributed by atoms with E-state index >= 15 is 0 Å². The Labute approximate surface area is 121 Å². The number of carboxylic acid groups (broad SMARTS) is 1. The fourth-order valence-electron chi connectivity index (χ4n) is 2.61. The normalized spacial score (nSPS) is 21.8. The van der Waals surface area contributed by atoms with Gasteiger partial charge in [-0.2, -0.15) is 0 Å². The molecule has 2 unspecified atom stereocenters. The van der Waals surface area contributed by atoms with Crippen LogP contribution in [0, 0.1) is 0 Å². The minimum atomic E-state index is -1.11. The van der Waals surface area contributed by atoms with Gasteiger partial charge in [0, 0.05) is 19.4 Å². The number of rotatable bonds is 4. The van der Waals surface area contributed by atoms with Crippen LogP contribution in [-0.2, 0) is 18.3 Å². The van der Waals surface area contributed by atoms with Crippen molar-refractivity contribution in [1.29, 1.82) is 0 Å². The second-order valence-corrected chi connectivity index (χ2v) is 5.28. The van der Waals surface area contributed by atoms with E-state index in [0.717, 1.165) is 12.8 Å². The molecule has 1 aliphatic heterocycles. The second-order valence-electron chi connectivity index (χ2n) is 5.28. The lowest BCUT2D eigenvalue weighted by atomic mass is 10.2. The van der Waals surface area contributed by atoms with Crippen molar-refractivity contribution in [3.63, 3.8) is 0 Å². The molecule has 1 N–H and O–H groups in total. The first-order chi connectivity index (χ1) is 10.1. The number of ether oxygens (including phenoxy) is 1. The third-order valence-corrected chi connectivity index (χ3v) is 3.67. The quantitative estimate of drug-likeness (QED) is 0.901. The number of hydrogen-bond donors (Lipinski definition) is 1. The summed E-state index contributed by atoms with van der Waals surface area (Å²) < 4.78 is 9.10. The molecule has 0 aliphatic carbocycles. The van der Waals surface area contributed by atoms with E-state index in [2.05, 4.69) is 15.3 Å². The molecule has 0 saturated carbocycles. The lowest BCUT2D eigenvalue weighted by molar-refractivity contribution is 0.0436. The number of imidazole rings is 1. The summed E-state index contributed by atoms with van der Waals surface area (Å²) in [7, 11) is 1.81. The SMILES string of the molecule is CC1CCC(Cn2nnc(C(=O)O)c2-c2nccn2C)O1. The number of hydrogen-bond acceptors (Lipinski definition) is 5. The molecule has 1 fully saturated rings. The van der Waals surface area contributed by atoms with Gasteiger partial charge in [0.15, 0.2) is 5.82 Å². The van der Waals surface area contributed by atoms with Gasteiger partial charge in [0.2, 0.25) is 5.69 Å². The van der Waals surface area contributed by atoms with E-state index in [-0.39, 0.29) is 17.9 Å². The lowest BCUT2D eigenvalue weighted by Crippen LogP contribution is -2.19. The first-order valence-electron chi connectivity index (χ1n) is 6.86. The molecule has 2 atom stereocenters. The molecule has 21 heavy (non-hydrogen) atoms. The Kier molecular flexibility index (Phi) is 3.46. The summed E-state index contributed by atoms with van der Waals surface area (Å²) in [5.41, 5.74) is 0.327. The average Bonchev–Trinajstić information content (AvgIpc) is 3.11. The molecule has 0 aromatic carbocycles. The van der Waals surface area contributed by atoms with Gasteiger partial charge in [-0.15, -0.1) is 5.10 Å². The largest absolute Gasteiger partial charge is 0.476 e. The Hall–Kier alpha value is -2.22. The van der Waals surface area contributed by atoms with Crippen LogP contribution in [0.25, 0.3) is 11.5 Å². The van der Waals surface area contributed by atoms with E-state index < -0.39 is 5.97 Å². The number of carbonyl (C=O) groups is 1. The zero-order valence-corrected chi connectivity index (χ0v) is 11.9. The number of nitrogens with zero attached hydrogens (tertiary/aromatic N) is 5. The second kappa shape index (κ2) is 5.28. The van der Waals surface area contributed by atoms with E-state index in [1.807, 2.05) is 6.92 Å². The molecular weight excluding hydrogens is 274 g/mol. The Bertz CT molecular complexity index is 663. The van der Waals surface area contributed by atoms with Crippen molar-refractivity contribution in [2.45, 2.75) is 38.5 Å². The maximum absolute atomic E-state index is 11.3. The first-order valence-corrected chi connectivity index (χ1v) is 6.86. The van der Waals surface area contributed by atoms with Gasteiger partial charge in [0.05, 0.1) is 18.8 Å². The number of carboxylic acids is 1. The maximum Gasteiger partial charge on any atom is 0.358 e. The Balaban J connectivity index is 1.97. The Morgan fingerprint density at radius 1 is 1.52 bits per heavy atom. The zero-order chi connectivity index (χ0) is 15.0. The summed E-state index contributed by atoms with van der Waals surface area (Å²) in [6.07, 6.45) is 5.57. The fraction of sp³-hybridized carbons (Fsp3) is 0.538. The molecule has 3 heterocycles. The zero-order valence-electron chi connectivity index (χ0n) is 11.9. The van der Waals surface area contributed by atoms with Gasteiger partial charge in [0.25, 0.3) is 0 Å². The van der Waals surface area contributed by atoms with E-state index in [1.54, 1.807) is 28.7 Å². The van der Waals surface area contributed by atoms with Gasteiger partial charge >= 0.3 is 5.97 Å². The van der Waals surface area contributed by atoms with Crippen LogP contribution in [0.5, 0.6) is 0 Å². The van der Waals surface area contributed by atoms with Crippen LogP contribution in [0.2, 0.25) is 0 Å². The van der Waals surface area contributed by atoms with Crippen molar-refractivity contribution in [3.8, 4) is 11.5 Å². The number of aromatic carboxylic acids is 1. The van der Waals surface area contributed by atoms with Gasteiger partial charge in [-0.1, -0.05) is 5.21 Å². The Morgan fingerprint density at radius 2 is 2.33 bits per heavy atom. The molecule has 8 heteroatoms. The van der Waals surface area contributed by atoms with E-state index in [4.69, 9.17) is 4.74 Å². The molecule has 2 aromatic heterocycles. The van der Waals surface area contributed by atoms with Crippen LogP contribution < -0.4 is 0 Å². The minimum absolute atomic E-state index is 0.0300. The lowest BCUT2D eigenvalue weighted by Gasteiger charge is -2.13.